The summed E-state index contributed by atoms with van der Waals surface area (Å²) in [7, 11) is 1.48. The van der Waals surface area contributed by atoms with Gasteiger partial charge in [0, 0.05) is 21.6 Å². The van der Waals surface area contributed by atoms with Crippen LogP contribution in [-0.2, 0) is 16.1 Å². The molecule has 1 saturated carbocycles. The number of halogens is 3. The Hall–Kier alpha value is -2.68. The lowest BCUT2D eigenvalue weighted by Crippen LogP contribution is -2.49. The van der Waals surface area contributed by atoms with Crippen molar-refractivity contribution in [2.45, 2.75) is 70.7 Å². The molecule has 0 radical (unpaired) electrons. The van der Waals surface area contributed by atoms with Crippen LogP contribution in [-0.4, -0.2) is 36.0 Å². The molecular weight excluding hydrogens is 534 g/mol. The number of nitrogens with zero attached hydrogens (tertiary/aromatic N) is 1. The Labute approximate surface area is 218 Å². The molecule has 2 unspecified atom stereocenters. The molecule has 4 rings (SSSR count). The number of nitrogens with one attached hydrogen (secondary N) is 1. The van der Waals surface area contributed by atoms with Crippen LogP contribution in [0.3, 0.4) is 0 Å². The lowest BCUT2D eigenvalue weighted by Gasteiger charge is -2.33. The Bertz CT molecular complexity index is 1120. The van der Waals surface area contributed by atoms with E-state index in [1.54, 1.807) is 12.1 Å². The van der Waals surface area contributed by atoms with E-state index in [1.165, 1.54) is 18.1 Å². The van der Waals surface area contributed by atoms with Crippen LogP contribution in [0.1, 0.15) is 63.1 Å². The molecule has 2 aromatic rings. The van der Waals surface area contributed by atoms with Crippen molar-refractivity contribution >= 4 is 27.7 Å². The number of hydrogen-bond donors (Lipinski definition) is 1. The molecule has 0 spiro atoms. The van der Waals surface area contributed by atoms with Crippen molar-refractivity contribution < 1.29 is 27.8 Å². The molecule has 0 aromatic heterocycles. The fourth-order valence-corrected chi connectivity index (χ4v) is 5.41. The summed E-state index contributed by atoms with van der Waals surface area (Å²) in [5.41, 5.74) is 0.108. The van der Waals surface area contributed by atoms with Crippen LogP contribution in [0, 0.1) is 17.6 Å². The second-order valence-electron chi connectivity index (χ2n) is 9.72. The predicted octanol–water partition coefficient (Wildman–Crippen LogP) is 5.67. The maximum absolute atomic E-state index is 14.7. The maximum Gasteiger partial charge on any atom is 0.265 e. The number of benzene rings is 2. The number of amides is 2. The molecule has 2 atom stereocenters. The van der Waals surface area contributed by atoms with Gasteiger partial charge in [0.05, 0.1) is 13.7 Å². The topological polar surface area (TPSA) is 67.9 Å². The fraction of sp³-hybridized carbons (Fsp3) is 0.481. The van der Waals surface area contributed by atoms with Crippen molar-refractivity contribution in [3.63, 3.8) is 0 Å². The standard InChI is InChI=1S/C27H31BrF2N2O4/c1-15(2)24-27(34)32(14-19-20(29)10-7-11-21(19)30)23(26(33)31-17-8-5-4-6-9-17)18-12-16(28)13-22(35-3)25(18)36-24/h7,10-13,15,17,23-24H,4-6,8-9,14H2,1-3H3,(H,31,33). The highest BCUT2D eigenvalue weighted by atomic mass is 79.9. The Balaban J connectivity index is 1.87. The van der Waals surface area contributed by atoms with Crippen LogP contribution in [0.2, 0.25) is 0 Å². The summed E-state index contributed by atoms with van der Waals surface area (Å²) < 4.78 is 41.8. The normalized spacial score (nSPS) is 20.5. The van der Waals surface area contributed by atoms with Crippen molar-refractivity contribution in [1.82, 2.24) is 10.2 Å². The van der Waals surface area contributed by atoms with E-state index in [9.17, 15) is 18.4 Å². The largest absolute Gasteiger partial charge is 0.493 e. The second kappa shape index (κ2) is 11.2. The highest BCUT2D eigenvalue weighted by Crippen LogP contribution is 2.44. The summed E-state index contributed by atoms with van der Waals surface area (Å²) in [6.07, 6.45) is 3.83. The first-order valence-corrected chi connectivity index (χ1v) is 13.1. The van der Waals surface area contributed by atoms with E-state index < -0.39 is 42.1 Å². The first-order valence-electron chi connectivity index (χ1n) is 12.3. The number of ether oxygens (including phenoxy) is 2. The zero-order valence-corrected chi connectivity index (χ0v) is 22.2. The molecule has 194 valence electrons. The summed E-state index contributed by atoms with van der Waals surface area (Å²) >= 11 is 3.46. The summed E-state index contributed by atoms with van der Waals surface area (Å²) in [5, 5.41) is 3.09. The molecule has 1 heterocycles. The monoisotopic (exact) mass is 564 g/mol. The summed E-state index contributed by atoms with van der Waals surface area (Å²) in [6.45, 7) is 3.21. The van der Waals surface area contributed by atoms with Crippen molar-refractivity contribution in [3.8, 4) is 11.5 Å². The SMILES string of the molecule is COc1cc(Br)cc2c1OC(C(C)C)C(=O)N(Cc1c(F)cccc1F)C2C(=O)NC1CCCCC1. The van der Waals surface area contributed by atoms with Gasteiger partial charge in [-0.1, -0.05) is 55.1 Å². The molecule has 9 heteroatoms. The van der Waals surface area contributed by atoms with Crippen LogP contribution in [0.5, 0.6) is 11.5 Å². The minimum absolute atomic E-state index is 0.0315. The molecular formula is C27H31BrF2N2O4. The van der Waals surface area contributed by atoms with Crippen molar-refractivity contribution in [1.29, 1.82) is 0 Å². The minimum atomic E-state index is -1.18. The summed E-state index contributed by atoms with van der Waals surface area (Å²) in [6, 6.07) is 5.73. The first-order chi connectivity index (χ1) is 17.2. The lowest BCUT2D eigenvalue weighted by molar-refractivity contribution is -0.147. The van der Waals surface area contributed by atoms with Crippen molar-refractivity contribution in [3.05, 3.63) is 57.6 Å². The number of rotatable bonds is 6. The third-order valence-electron chi connectivity index (χ3n) is 6.84. The van der Waals surface area contributed by atoms with E-state index in [1.807, 2.05) is 13.8 Å². The number of carbonyl (C=O) groups excluding carboxylic acids is 2. The lowest BCUT2D eigenvalue weighted by atomic mass is 9.94. The van der Waals surface area contributed by atoms with E-state index in [4.69, 9.17) is 9.47 Å². The molecule has 1 aliphatic carbocycles. The van der Waals surface area contributed by atoms with E-state index >= 15 is 0 Å². The van der Waals surface area contributed by atoms with Gasteiger partial charge < -0.3 is 19.7 Å². The summed E-state index contributed by atoms with van der Waals surface area (Å²) in [4.78, 5) is 29.0. The average molecular weight is 565 g/mol. The van der Waals surface area contributed by atoms with Gasteiger partial charge in [0.25, 0.3) is 5.91 Å². The van der Waals surface area contributed by atoms with Crippen LogP contribution in [0.25, 0.3) is 0 Å². The van der Waals surface area contributed by atoms with Gasteiger partial charge in [-0.05, 0) is 43.0 Å². The van der Waals surface area contributed by atoms with Crippen LogP contribution >= 0.6 is 15.9 Å². The molecule has 1 N–H and O–H groups in total. The molecule has 1 fully saturated rings. The molecule has 2 aliphatic rings. The van der Waals surface area contributed by atoms with Gasteiger partial charge in [0.2, 0.25) is 5.91 Å². The smallest absolute Gasteiger partial charge is 0.265 e. The van der Waals surface area contributed by atoms with Gasteiger partial charge >= 0.3 is 0 Å². The zero-order chi connectivity index (χ0) is 26.0. The van der Waals surface area contributed by atoms with E-state index in [-0.39, 0.29) is 23.3 Å². The highest BCUT2D eigenvalue weighted by molar-refractivity contribution is 9.10. The third kappa shape index (κ3) is 5.36. The molecule has 0 saturated heterocycles. The van der Waals surface area contributed by atoms with E-state index in [2.05, 4.69) is 21.2 Å². The quantitative estimate of drug-likeness (QED) is 0.490. The van der Waals surface area contributed by atoms with Crippen LogP contribution in [0.15, 0.2) is 34.8 Å². The van der Waals surface area contributed by atoms with Crippen LogP contribution < -0.4 is 14.8 Å². The Morgan fingerprint density at radius 3 is 2.47 bits per heavy atom. The second-order valence-corrected chi connectivity index (χ2v) is 10.6. The number of methoxy groups -OCH3 is 1. The number of carbonyl (C=O) groups is 2. The number of hydrogen-bond acceptors (Lipinski definition) is 4. The number of fused-ring (bicyclic) bond motifs is 1. The first kappa shape index (κ1) is 26.4. The Morgan fingerprint density at radius 1 is 1.19 bits per heavy atom. The minimum Gasteiger partial charge on any atom is -0.493 e. The van der Waals surface area contributed by atoms with Gasteiger partial charge in [0.1, 0.15) is 17.7 Å². The van der Waals surface area contributed by atoms with E-state index in [0.29, 0.717) is 15.8 Å². The third-order valence-corrected chi connectivity index (χ3v) is 7.30. The van der Waals surface area contributed by atoms with Gasteiger partial charge in [-0.25, -0.2) is 8.78 Å². The van der Waals surface area contributed by atoms with E-state index in [0.717, 1.165) is 44.2 Å². The Morgan fingerprint density at radius 2 is 1.86 bits per heavy atom. The molecule has 6 nitrogen and oxygen atoms in total. The van der Waals surface area contributed by atoms with Gasteiger partial charge in [-0.2, -0.15) is 0 Å². The molecule has 2 aromatic carbocycles. The molecule has 1 aliphatic heterocycles. The molecule has 0 bridgehead atoms. The fourth-order valence-electron chi connectivity index (χ4n) is 4.96. The van der Waals surface area contributed by atoms with Crippen molar-refractivity contribution in [2.75, 3.05) is 7.11 Å². The van der Waals surface area contributed by atoms with Crippen LogP contribution in [0.4, 0.5) is 8.78 Å². The Kier molecular flexibility index (Phi) is 8.17. The summed E-state index contributed by atoms with van der Waals surface area (Å²) in [5.74, 6) is -2.17. The average Bonchev–Trinajstić information content (AvgIpc) is 2.96. The predicted molar refractivity (Wildman–Crippen MR) is 135 cm³/mol. The molecule has 2 amide bonds. The van der Waals surface area contributed by atoms with Gasteiger partial charge in [-0.3, -0.25) is 9.59 Å². The van der Waals surface area contributed by atoms with Crippen molar-refractivity contribution in [2.24, 2.45) is 5.92 Å². The van der Waals surface area contributed by atoms with Gasteiger partial charge in [-0.15, -0.1) is 0 Å². The maximum atomic E-state index is 14.7. The highest BCUT2D eigenvalue weighted by Gasteiger charge is 2.44. The molecule has 36 heavy (non-hydrogen) atoms. The zero-order valence-electron chi connectivity index (χ0n) is 20.7. The van der Waals surface area contributed by atoms with Gasteiger partial charge in [0.15, 0.2) is 17.6 Å².